The molecule has 0 saturated heterocycles. The highest BCUT2D eigenvalue weighted by Crippen LogP contribution is 2.33. The van der Waals surface area contributed by atoms with Gasteiger partial charge in [-0.2, -0.15) is 0 Å². The van der Waals surface area contributed by atoms with Gasteiger partial charge in [0.1, 0.15) is 0 Å². The third kappa shape index (κ3) is 1.91. The van der Waals surface area contributed by atoms with Gasteiger partial charge in [-0.05, 0) is 31.2 Å². The van der Waals surface area contributed by atoms with Gasteiger partial charge < -0.3 is 0 Å². The average Bonchev–Trinajstić information content (AvgIpc) is 2.77. The lowest BCUT2D eigenvalue weighted by Crippen LogP contribution is -2.30. The number of sulfonamides is 1. The molecule has 0 N–H and O–H groups in total. The van der Waals surface area contributed by atoms with Crippen LogP contribution in [0.3, 0.4) is 0 Å². The lowest BCUT2D eigenvalue weighted by molar-refractivity contribution is 0.101. The molecule has 20 heavy (non-hydrogen) atoms. The minimum atomic E-state index is -3.69. The van der Waals surface area contributed by atoms with Crippen LogP contribution >= 0.6 is 0 Å². The third-order valence-electron chi connectivity index (χ3n) is 3.34. The molecule has 0 saturated carbocycles. The van der Waals surface area contributed by atoms with E-state index < -0.39 is 10.0 Å². The first-order valence-electron chi connectivity index (χ1n) is 6.22. The van der Waals surface area contributed by atoms with Crippen molar-refractivity contribution in [3.63, 3.8) is 0 Å². The van der Waals surface area contributed by atoms with Gasteiger partial charge in [0.15, 0.2) is 5.78 Å². The predicted molar refractivity (Wildman–Crippen MR) is 76.5 cm³/mol. The molecule has 0 aliphatic carbocycles. The summed E-state index contributed by atoms with van der Waals surface area (Å²) in [4.78, 5) is 12.2. The molecule has 0 bridgehead atoms. The van der Waals surface area contributed by atoms with Gasteiger partial charge in [-0.3, -0.25) is 9.10 Å². The molecule has 1 aliphatic heterocycles. The number of hydrogen-bond acceptors (Lipinski definition) is 3. The molecule has 2 aromatic rings. The number of fused-ring (bicyclic) bond motifs is 1. The Hall–Kier alpha value is -2.14. The summed E-state index contributed by atoms with van der Waals surface area (Å²) in [6, 6.07) is 13.4. The van der Waals surface area contributed by atoms with Crippen LogP contribution < -0.4 is 4.31 Å². The number of nitrogens with zero attached hydrogens (tertiary/aromatic N) is 1. The fraction of sp³-hybridized carbons (Fsp3) is 0.133. The summed E-state index contributed by atoms with van der Waals surface area (Å²) >= 11 is 0. The van der Waals surface area contributed by atoms with Crippen molar-refractivity contribution in [1.29, 1.82) is 0 Å². The first kappa shape index (κ1) is 12.9. The minimum Gasteiger partial charge on any atom is -0.292 e. The zero-order valence-electron chi connectivity index (χ0n) is 10.9. The number of rotatable bonds is 2. The van der Waals surface area contributed by atoms with Crippen molar-refractivity contribution in [2.75, 3.05) is 10.8 Å². The number of anilines is 1. The zero-order valence-corrected chi connectivity index (χ0v) is 11.7. The highest BCUT2D eigenvalue weighted by atomic mass is 32.2. The average molecular weight is 287 g/mol. The second-order valence-electron chi connectivity index (χ2n) is 4.77. The largest absolute Gasteiger partial charge is 0.292 e. The van der Waals surface area contributed by atoms with Gasteiger partial charge in [0.05, 0.1) is 17.1 Å². The van der Waals surface area contributed by atoms with E-state index in [1.807, 2.05) is 13.0 Å². The summed E-state index contributed by atoms with van der Waals surface area (Å²) in [5.41, 5.74) is 1.88. The molecule has 0 aromatic heterocycles. The molecular formula is C15H13NO3S. The lowest BCUT2D eigenvalue weighted by Gasteiger charge is -2.18. The second kappa shape index (κ2) is 4.45. The van der Waals surface area contributed by atoms with Crippen molar-refractivity contribution in [3.8, 4) is 0 Å². The zero-order chi connectivity index (χ0) is 14.3. The topological polar surface area (TPSA) is 54.5 Å². The number of carbonyl (C=O) groups excluding carboxylic acids is 1. The van der Waals surface area contributed by atoms with Crippen LogP contribution in [-0.2, 0) is 10.0 Å². The van der Waals surface area contributed by atoms with Gasteiger partial charge in [0, 0.05) is 5.56 Å². The van der Waals surface area contributed by atoms with Crippen LogP contribution in [0, 0.1) is 6.92 Å². The van der Waals surface area contributed by atoms with Crippen LogP contribution in [0.25, 0.3) is 0 Å². The van der Waals surface area contributed by atoms with Gasteiger partial charge in [0.2, 0.25) is 0 Å². The van der Waals surface area contributed by atoms with E-state index in [0.29, 0.717) is 11.3 Å². The number of aryl methyl sites for hydroxylation is 1. The van der Waals surface area contributed by atoms with Gasteiger partial charge in [-0.1, -0.05) is 29.8 Å². The molecule has 1 aliphatic rings. The van der Waals surface area contributed by atoms with Crippen LogP contribution in [0.4, 0.5) is 5.69 Å². The molecule has 0 unspecified atom stereocenters. The molecule has 2 aromatic carbocycles. The molecular weight excluding hydrogens is 274 g/mol. The van der Waals surface area contributed by atoms with Gasteiger partial charge in [0.25, 0.3) is 10.0 Å². The van der Waals surface area contributed by atoms with Crippen LogP contribution in [0.5, 0.6) is 0 Å². The maximum absolute atomic E-state index is 12.6. The molecule has 5 heteroatoms. The monoisotopic (exact) mass is 287 g/mol. The maximum atomic E-state index is 12.6. The molecule has 0 atom stereocenters. The maximum Gasteiger partial charge on any atom is 0.264 e. The Kier molecular flexibility index (Phi) is 2.87. The molecule has 1 heterocycles. The first-order valence-corrected chi connectivity index (χ1v) is 7.66. The van der Waals surface area contributed by atoms with Gasteiger partial charge >= 0.3 is 0 Å². The number of Topliss-reactive ketones (excluding diaryl/α,β-unsaturated/α-hetero) is 1. The summed E-state index contributed by atoms with van der Waals surface area (Å²) in [5.74, 6) is -0.164. The Balaban J connectivity index is 2.13. The van der Waals surface area contributed by atoms with E-state index in [1.54, 1.807) is 30.3 Å². The normalized spacial score (nSPS) is 14.4. The third-order valence-corrected chi connectivity index (χ3v) is 5.11. The summed E-state index contributed by atoms with van der Waals surface area (Å²) in [6.45, 7) is 1.75. The Morgan fingerprint density at radius 2 is 1.75 bits per heavy atom. The number of hydrogen-bond donors (Lipinski definition) is 0. The summed E-state index contributed by atoms with van der Waals surface area (Å²) in [6.07, 6.45) is 0. The van der Waals surface area contributed by atoms with E-state index in [4.69, 9.17) is 0 Å². The van der Waals surface area contributed by atoms with Crippen molar-refractivity contribution >= 4 is 21.5 Å². The summed E-state index contributed by atoms with van der Waals surface area (Å²) in [7, 11) is -3.69. The number of benzene rings is 2. The SMILES string of the molecule is Cc1ccc2c(c1)C(=O)CN2S(=O)(=O)c1ccccc1. The molecule has 0 amide bonds. The number of carbonyl (C=O) groups is 1. The van der Waals surface area contributed by atoms with Crippen molar-refractivity contribution < 1.29 is 13.2 Å². The standard InChI is InChI=1S/C15H13NO3S/c1-11-7-8-14-13(9-11)15(17)10-16(14)20(18,19)12-5-3-2-4-6-12/h2-9H,10H2,1H3. The van der Waals surface area contributed by atoms with Gasteiger partial charge in [-0.25, -0.2) is 8.42 Å². The quantitative estimate of drug-likeness (QED) is 0.852. The minimum absolute atomic E-state index is 0.129. The van der Waals surface area contributed by atoms with Crippen LogP contribution in [0.1, 0.15) is 15.9 Å². The fourth-order valence-corrected chi connectivity index (χ4v) is 3.79. The fourth-order valence-electron chi connectivity index (χ4n) is 2.33. The molecule has 102 valence electrons. The Bertz CT molecular complexity index is 782. The van der Waals surface area contributed by atoms with E-state index >= 15 is 0 Å². The predicted octanol–water partition coefficient (Wildman–Crippen LogP) is 2.39. The van der Waals surface area contributed by atoms with E-state index in [1.165, 1.54) is 16.4 Å². The molecule has 0 radical (unpaired) electrons. The molecule has 0 fully saturated rings. The smallest absolute Gasteiger partial charge is 0.264 e. The van der Waals surface area contributed by atoms with Crippen LogP contribution in [-0.4, -0.2) is 20.7 Å². The molecule has 0 spiro atoms. The number of ketones is 1. The Morgan fingerprint density at radius 1 is 1.05 bits per heavy atom. The van der Waals surface area contributed by atoms with Crippen molar-refractivity contribution in [3.05, 3.63) is 59.7 Å². The van der Waals surface area contributed by atoms with E-state index in [9.17, 15) is 13.2 Å². The van der Waals surface area contributed by atoms with Crippen molar-refractivity contribution in [1.82, 2.24) is 0 Å². The van der Waals surface area contributed by atoms with E-state index in [2.05, 4.69) is 0 Å². The molecule has 4 nitrogen and oxygen atoms in total. The Labute approximate surface area is 117 Å². The summed E-state index contributed by atoms with van der Waals surface area (Å²) < 4.78 is 26.4. The Morgan fingerprint density at radius 3 is 2.45 bits per heavy atom. The van der Waals surface area contributed by atoms with Crippen LogP contribution in [0.15, 0.2) is 53.4 Å². The van der Waals surface area contributed by atoms with Crippen molar-refractivity contribution in [2.24, 2.45) is 0 Å². The van der Waals surface area contributed by atoms with E-state index in [-0.39, 0.29) is 17.2 Å². The van der Waals surface area contributed by atoms with E-state index in [0.717, 1.165) is 5.56 Å². The molecule has 3 rings (SSSR count). The van der Waals surface area contributed by atoms with Gasteiger partial charge in [-0.15, -0.1) is 0 Å². The second-order valence-corrected chi connectivity index (χ2v) is 6.63. The summed E-state index contributed by atoms with van der Waals surface area (Å²) in [5, 5.41) is 0. The first-order chi connectivity index (χ1) is 9.50. The highest BCUT2D eigenvalue weighted by molar-refractivity contribution is 7.93. The van der Waals surface area contributed by atoms with Crippen molar-refractivity contribution in [2.45, 2.75) is 11.8 Å². The highest BCUT2D eigenvalue weighted by Gasteiger charge is 2.35. The van der Waals surface area contributed by atoms with Crippen LogP contribution in [0.2, 0.25) is 0 Å². The lowest BCUT2D eigenvalue weighted by atomic mass is 10.1.